The lowest BCUT2D eigenvalue weighted by Crippen LogP contribution is -2.36. The minimum absolute atomic E-state index is 0.0664. The van der Waals surface area contributed by atoms with Crippen molar-refractivity contribution < 1.29 is 14.3 Å². The monoisotopic (exact) mass is 317 g/mol. The summed E-state index contributed by atoms with van der Waals surface area (Å²) in [4.78, 5) is 13.8. The average molecular weight is 317 g/mol. The van der Waals surface area contributed by atoms with E-state index in [1.54, 1.807) is 0 Å². The SMILES string of the molecule is COC(=O)CC1CCC(c2ccc(N3CCOCC3)cc2)CC1. The molecule has 0 aromatic heterocycles. The number of nitrogens with zero attached hydrogens (tertiary/aromatic N) is 1. The Morgan fingerprint density at radius 2 is 1.78 bits per heavy atom. The van der Waals surface area contributed by atoms with E-state index in [1.807, 2.05) is 0 Å². The van der Waals surface area contributed by atoms with Crippen molar-refractivity contribution in [3.05, 3.63) is 29.8 Å². The molecule has 0 N–H and O–H groups in total. The number of rotatable bonds is 4. The summed E-state index contributed by atoms with van der Waals surface area (Å²) in [5, 5.41) is 0. The Bertz CT molecular complexity index is 500. The fourth-order valence-electron chi connectivity index (χ4n) is 3.80. The molecule has 126 valence electrons. The summed E-state index contributed by atoms with van der Waals surface area (Å²) < 4.78 is 10.2. The molecule has 0 amide bonds. The third-order valence-corrected chi connectivity index (χ3v) is 5.27. The first-order chi connectivity index (χ1) is 11.3. The van der Waals surface area contributed by atoms with Gasteiger partial charge < -0.3 is 14.4 Å². The number of esters is 1. The zero-order valence-electron chi connectivity index (χ0n) is 14.0. The second kappa shape index (κ2) is 7.82. The third-order valence-electron chi connectivity index (χ3n) is 5.27. The quantitative estimate of drug-likeness (QED) is 0.798. The van der Waals surface area contributed by atoms with Gasteiger partial charge >= 0.3 is 5.97 Å². The molecule has 0 radical (unpaired) electrons. The van der Waals surface area contributed by atoms with Crippen LogP contribution in [0.15, 0.2) is 24.3 Å². The van der Waals surface area contributed by atoms with E-state index < -0.39 is 0 Å². The van der Waals surface area contributed by atoms with Crippen molar-refractivity contribution in [1.29, 1.82) is 0 Å². The maximum Gasteiger partial charge on any atom is 0.305 e. The van der Waals surface area contributed by atoms with E-state index in [1.165, 1.54) is 31.2 Å². The molecule has 3 rings (SSSR count). The molecular formula is C19H27NO3. The van der Waals surface area contributed by atoms with Crippen LogP contribution in [0.2, 0.25) is 0 Å². The van der Waals surface area contributed by atoms with Crippen molar-refractivity contribution in [1.82, 2.24) is 0 Å². The molecule has 1 aliphatic heterocycles. The second-order valence-electron chi connectivity index (χ2n) is 6.69. The van der Waals surface area contributed by atoms with E-state index in [0.717, 1.165) is 39.1 Å². The molecule has 0 spiro atoms. The molecule has 1 saturated carbocycles. The first-order valence-electron chi connectivity index (χ1n) is 8.75. The van der Waals surface area contributed by atoms with Crippen molar-refractivity contribution in [3.63, 3.8) is 0 Å². The van der Waals surface area contributed by atoms with E-state index in [0.29, 0.717) is 18.3 Å². The van der Waals surface area contributed by atoms with E-state index in [-0.39, 0.29) is 5.97 Å². The Morgan fingerprint density at radius 1 is 1.13 bits per heavy atom. The van der Waals surface area contributed by atoms with Crippen LogP contribution in [0.25, 0.3) is 0 Å². The highest BCUT2D eigenvalue weighted by molar-refractivity contribution is 5.69. The molecule has 0 bridgehead atoms. The van der Waals surface area contributed by atoms with Gasteiger partial charge in [-0.3, -0.25) is 4.79 Å². The van der Waals surface area contributed by atoms with E-state index in [4.69, 9.17) is 9.47 Å². The molecule has 0 unspecified atom stereocenters. The summed E-state index contributed by atoms with van der Waals surface area (Å²) in [6.45, 7) is 3.62. The number of carbonyl (C=O) groups excluding carboxylic acids is 1. The van der Waals surface area contributed by atoms with Crippen molar-refractivity contribution in [2.45, 2.75) is 38.0 Å². The normalized spacial score (nSPS) is 25.2. The number of hydrogen-bond acceptors (Lipinski definition) is 4. The highest BCUT2D eigenvalue weighted by Gasteiger charge is 2.24. The number of ether oxygens (including phenoxy) is 2. The first-order valence-corrected chi connectivity index (χ1v) is 8.75. The number of methoxy groups -OCH3 is 1. The molecule has 4 nitrogen and oxygen atoms in total. The Morgan fingerprint density at radius 3 is 2.39 bits per heavy atom. The summed E-state index contributed by atoms with van der Waals surface area (Å²) >= 11 is 0. The Balaban J connectivity index is 1.53. The lowest BCUT2D eigenvalue weighted by atomic mass is 9.77. The summed E-state index contributed by atoms with van der Waals surface area (Å²) in [6.07, 6.45) is 5.20. The van der Waals surface area contributed by atoms with Crippen molar-refractivity contribution >= 4 is 11.7 Å². The standard InChI is InChI=1S/C19H27NO3/c1-22-19(21)14-15-2-4-16(5-3-15)17-6-8-18(9-7-17)20-10-12-23-13-11-20/h6-9,15-16H,2-5,10-14H2,1H3. The molecule has 1 aromatic carbocycles. The average Bonchev–Trinajstić information content (AvgIpc) is 2.63. The fraction of sp³-hybridized carbons (Fsp3) is 0.632. The smallest absolute Gasteiger partial charge is 0.305 e. The Kier molecular flexibility index (Phi) is 5.55. The number of benzene rings is 1. The van der Waals surface area contributed by atoms with Crippen LogP contribution in [0, 0.1) is 5.92 Å². The van der Waals surface area contributed by atoms with Gasteiger partial charge in [-0.2, -0.15) is 0 Å². The second-order valence-corrected chi connectivity index (χ2v) is 6.69. The van der Waals surface area contributed by atoms with Gasteiger partial charge in [0.2, 0.25) is 0 Å². The van der Waals surface area contributed by atoms with Crippen LogP contribution in [-0.2, 0) is 14.3 Å². The van der Waals surface area contributed by atoms with Gasteiger partial charge in [-0.05, 0) is 55.2 Å². The molecule has 0 atom stereocenters. The molecule has 1 saturated heterocycles. The summed E-state index contributed by atoms with van der Waals surface area (Å²) in [5.74, 6) is 1.08. The molecule has 4 heteroatoms. The topological polar surface area (TPSA) is 38.8 Å². The van der Waals surface area contributed by atoms with Crippen molar-refractivity contribution in [2.75, 3.05) is 38.3 Å². The van der Waals surface area contributed by atoms with Crippen LogP contribution in [0.4, 0.5) is 5.69 Å². The van der Waals surface area contributed by atoms with Crippen molar-refractivity contribution in [3.8, 4) is 0 Å². The molecule has 1 heterocycles. The van der Waals surface area contributed by atoms with Crippen molar-refractivity contribution in [2.24, 2.45) is 5.92 Å². The zero-order chi connectivity index (χ0) is 16.1. The highest BCUT2D eigenvalue weighted by atomic mass is 16.5. The van der Waals surface area contributed by atoms with Crippen LogP contribution in [0.5, 0.6) is 0 Å². The van der Waals surface area contributed by atoms with Crippen LogP contribution in [0.1, 0.15) is 43.6 Å². The van der Waals surface area contributed by atoms with E-state index >= 15 is 0 Å². The minimum Gasteiger partial charge on any atom is -0.469 e. The summed E-state index contributed by atoms with van der Waals surface area (Å²) in [5.41, 5.74) is 2.75. The summed E-state index contributed by atoms with van der Waals surface area (Å²) in [7, 11) is 1.48. The molecule has 1 aliphatic carbocycles. The predicted molar refractivity (Wildman–Crippen MR) is 90.8 cm³/mol. The van der Waals surface area contributed by atoms with Gasteiger partial charge in [-0.25, -0.2) is 0 Å². The van der Waals surface area contributed by atoms with E-state index in [2.05, 4.69) is 29.2 Å². The lowest BCUT2D eigenvalue weighted by Gasteiger charge is -2.30. The fourth-order valence-corrected chi connectivity index (χ4v) is 3.80. The lowest BCUT2D eigenvalue weighted by molar-refractivity contribution is -0.142. The van der Waals surface area contributed by atoms with Crippen LogP contribution in [-0.4, -0.2) is 39.4 Å². The van der Waals surface area contributed by atoms with Gasteiger partial charge in [-0.1, -0.05) is 12.1 Å². The van der Waals surface area contributed by atoms with Gasteiger partial charge in [0.25, 0.3) is 0 Å². The molecule has 1 aromatic rings. The van der Waals surface area contributed by atoms with Crippen LogP contribution < -0.4 is 4.90 Å². The number of carbonyl (C=O) groups is 1. The predicted octanol–water partition coefficient (Wildman–Crippen LogP) is 3.36. The van der Waals surface area contributed by atoms with Gasteiger partial charge in [0.15, 0.2) is 0 Å². The molecule has 2 aliphatic rings. The first kappa shape index (κ1) is 16.3. The Hall–Kier alpha value is -1.55. The summed E-state index contributed by atoms with van der Waals surface area (Å²) in [6, 6.07) is 9.08. The maximum absolute atomic E-state index is 11.4. The number of morpholine rings is 1. The third kappa shape index (κ3) is 4.25. The largest absolute Gasteiger partial charge is 0.469 e. The van der Waals surface area contributed by atoms with Gasteiger partial charge in [0.05, 0.1) is 20.3 Å². The van der Waals surface area contributed by atoms with Gasteiger partial charge in [0.1, 0.15) is 0 Å². The number of anilines is 1. The van der Waals surface area contributed by atoms with E-state index in [9.17, 15) is 4.79 Å². The van der Waals surface area contributed by atoms with Gasteiger partial charge in [-0.15, -0.1) is 0 Å². The molecule has 2 fully saturated rings. The highest BCUT2D eigenvalue weighted by Crippen LogP contribution is 2.37. The number of hydrogen-bond donors (Lipinski definition) is 0. The maximum atomic E-state index is 11.4. The zero-order valence-corrected chi connectivity index (χ0v) is 14.0. The molecule has 23 heavy (non-hydrogen) atoms. The Labute approximate surface area is 138 Å². The van der Waals surface area contributed by atoms with Gasteiger partial charge in [0, 0.05) is 25.2 Å². The molecular weight excluding hydrogens is 290 g/mol. The van der Waals surface area contributed by atoms with Crippen LogP contribution >= 0.6 is 0 Å². The van der Waals surface area contributed by atoms with Crippen LogP contribution in [0.3, 0.4) is 0 Å². The minimum atomic E-state index is -0.0664.